The maximum absolute atomic E-state index is 12.7. The number of aromatic amines is 1. The molecule has 0 bridgehead atoms. The van der Waals surface area contributed by atoms with E-state index in [1.54, 1.807) is 32.7 Å². The van der Waals surface area contributed by atoms with E-state index in [1.807, 2.05) is 24.3 Å². The van der Waals surface area contributed by atoms with E-state index in [0.717, 1.165) is 24.0 Å². The maximum Gasteiger partial charge on any atom is 0.269 e. The fourth-order valence-electron chi connectivity index (χ4n) is 3.43. The molecule has 4 rings (SSSR count). The molecule has 7 nitrogen and oxygen atoms in total. The van der Waals surface area contributed by atoms with E-state index in [2.05, 4.69) is 20.5 Å². The van der Waals surface area contributed by atoms with Crippen LogP contribution in [0.3, 0.4) is 0 Å². The number of nitrogens with zero attached hydrogens (tertiary/aromatic N) is 2. The summed E-state index contributed by atoms with van der Waals surface area (Å²) in [6.45, 7) is 0. The molecule has 1 aromatic carbocycles. The summed E-state index contributed by atoms with van der Waals surface area (Å²) in [5, 5.41) is 10.1. The van der Waals surface area contributed by atoms with Gasteiger partial charge in [-0.05, 0) is 54.3 Å². The first-order valence-electron chi connectivity index (χ1n) is 8.71. The van der Waals surface area contributed by atoms with Crippen LogP contribution in [0.5, 0.6) is 11.5 Å². The molecule has 1 aliphatic rings. The molecule has 0 fully saturated rings. The Labute approximate surface area is 156 Å². The predicted octanol–water partition coefficient (Wildman–Crippen LogP) is 2.91. The van der Waals surface area contributed by atoms with Gasteiger partial charge in [0.25, 0.3) is 5.91 Å². The largest absolute Gasteiger partial charge is 0.493 e. The van der Waals surface area contributed by atoms with Crippen LogP contribution in [-0.4, -0.2) is 35.3 Å². The first kappa shape index (κ1) is 17.1. The van der Waals surface area contributed by atoms with Crippen molar-refractivity contribution in [1.29, 1.82) is 0 Å². The van der Waals surface area contributed by atoms with Crippen molar-refractivity contribution in [3.05, 3.63) is 59.5 Å². The Morgan fingerprint density at radius 2 is 1.89 bits per heavy atom. The Morgan fingerprint density at radius 1 is 1.15 bits per heavy atom. The molecule has 2 heterocycles. The number of nitrogens with one attached hydrogen (secondary N) is 2. The minimum atomic E-state index is -0.185. The second-order valence-corrected chi connectivity index (χ2v) is 6.37. The van der Waals surface area contributed by atoms with Gasteiger partial charge in [0, 0.05) is 18.0 Å². The third-order valence-electron chi connectivity index (χ3n) is 4.83. The highest BCUT2D eigenvalue weighted by molar-refractivity contribution is 5.93. The standard InChI is InChI=1S/C20H20N4O3/c1-26-18-9-13-3-4-15(14(13)10-19(18)27-2)22-20(25)17-11-16(23-24-17)12-5-7-21-8-6-12/h5-11,15H,3-4H2,1-2H3,(H,22,25)(H,23,24). The molecule has 1 atom stereocenters. The van der Waals surface area contributed by atoms with Crippen LogP contribution >= 0.6 is 0 Å². The van der Waals surface area contributed by atoms with Crippen molar-refractivity contribution in [2.45, 2.75) is 18.9 Å². The minimum absolute atomic E-state index is 0.0695. The summed E-state index contributed by atoms with van der Waals surface area (Å²) in [6, 6.07) is 9.31. The summed E-state index contributed by atoms with van der Waals surface area (Å²) in [5.41, 5.74) is 4.27. The molecular formula is C20H20N4O3. The summed E-state index contributed by atoms with van der Waals surface area (Å²) in [5.74, 6) is 1.19. The smallest absolute Gasteiger partial charge is 0.269 e. The lowest BCUT2D eigenvalue weighted by atomic mass is 10.1. The predicted molar refractivity (Wildman–Crippen MR) is 99.9 cm³/mol. The van der Waals surface area contributed by atoms with Gasteiger partial charge in [0.2, 0.25) is 0 Å². The number of amides is 1. The van der Waals surface area contributed by atoms with Gasteiger partial charge in [0.05, 0.1) is 26.0 Å². The number of carbonyl (C=O) groups excluding carboxylic acids is 1. The summed E-state index contributed by atoms with van der Waals surface area (Å²) < 4.78 is 10.8. The number of pyridine rings is 1. The van der Waals surface area contributed by atoms with Crippen molar-refractivity contribution in [1.82, 2.24) is 20.5 Å². The number of ether oxygens (including phenoxy) is 2. The van der Waals surface area contributed by atoms with Crippen molar-refractivity contribution >= 4 is 5.91 Å². The topological polar surface area (TPSA) is 89.1 Å². The number of methoxy groups -OCH3 is 2. The first-order valence-corrected chi connectivity index (χ1v) is 8.71. The van der Waals surface area contributed by atoms with Crippen LogP contribution in [-0.2, 0) is 6.42 Å². The van der Waals surface area contributed by atoms with Gasteiger partial charge in [-0.15, -0.1) is 0 Å². The van der Waals surface area contributed by atoms with Crippen molar-refractivity contribution in [3.8, 4) is 22.8 Å². The quantitative estimate of drug-likeness (QED) is 0.727. The van der Waals surface area contributed by atoms with Crippen LogP contribution in [0.1, 0.15) is 34.1 Å². The Balaban J connectivity index is 1.53. The molecule has 1 amide bonds. The average molecular weight is 364 g/mol. The van der Waals surface area contributed by atoms with Crippen LogP contribution in [0.4, 0.5) is 0 Å². The van der Waals surface area contributed by atoms with Crippen LogP contribution < -0.4 is 14.8 Å². The summed E-state index contributed by atoms with van der Waals surface area (Å²) >= 11 is 0. The fraction of sp³-hybridized carbons (Fsp3) is 0.250. The molecule has 0 saturated carbocycles. The highest BCUT2D eigenvalue weighted by atomic mass is 16.5. The second kappa shape index (κ2) is 7.11. The van der Waals surface area contributed by atoms with Gasteiger partial charge < -0.3 is 14.8 Å². The number of hydrogen-bond donors (Lipinski definition) is 2. The SMILES string of the molecule is COc1cc2c(cc1OC)C(NC(=O)c1cc(-c3ccncc3)n[nH]1)CC2. The summed E-state index contributed by atoms with van der Waals surface area (Å²) in [6.07, 6.45) is 5.11. The molecular weight excluding hydrogens is 344 g/mol. The number of fused-ring (bicyclic) bond motifs is 1. The van der Waals surface area contributed by atoms with E-state index < -0.39 is 0 Å². The highest BCUT2D eigenvalue weighted by Crippen LogP contribution is 2.39. The number of H-pyrrole nitrogens is 1. The lowest BCUT2D eigenvalue weighted by Crippen LogP contribution is -2.27. The Hall–Kier alpha value is -3.35. The lowest BCUT2D eigenvalue weighted by molar-refractivity contribution is 0.0931. The van der Waals surface area contributed by atoms with Gasteiger partial charge in [-0.1, -0.05) is 0 Å². The zero-order valence-corrected chi connectivity index (χ0v) is 15.2. The lowest BCUT2D eigenvalue weighted by Gasteiger charge is -2.15. The van der Waals surface area contributed by atoms with E-state index in [4.69, 9.17) is 9.47 Å². The Morgan fingerprint density at radius 3 is 2.63 bits per heavy atom. The average Bonchev–Trinajstić information content (AvgIpc) is 3.35. The number of aryl methyl sites for hydroxylation is 1. The third kappa shape index (κ3) is 3.23. The molecule has 7 heteroatoms. The fourth-order valence-corrected chi connectivity index (χ4v) is 3.43. The minimum Gasteiger partial charge on any atom is -0.493 e. The van der Waals surface area contributed by atoms with E-state index >= 15 is 0 Å². The van der Waals surface area contributed by atoms with Crippen LogP contribution in [0, 0.1) is 0 Å². The second-order valence-electron chi connectivity index (χ2n) is 6.37. The van der Waals surface area contributed by atoms with E-state index in [1.165, 1.54) is 5.56 Å². The zero-order valence-electron chi connectivity index (χ0n) is 15.2. The maximum atomic E-state index is 12.7. The summed E-state index contributed by atoms with van der Waals surface area (Å²) in [7, 11) is 3.23. The van der Waals surface area contributed by atoms with Gasteiger partial charge >= 0.3 is 0 Å². The molecule has 0 aliphatic heterocycles. The molecule has 3 aromatic rings. The zero-order chi connectivity index (χ0) is 18.8. The molecule has 1 unspecified atom stereocenters. The molecule has 27 heavy (non-hydrogen) atoms. The first-order chi connectivity index (χ1) is 13.2. The normalized spacial score (nSPS) is 15.3. The van der Waals surface area contributed by atoms with Gasteiger partial charge in [-0.25, -0.2) is 0 Å². The molecule has 0 spiro atoms. The van der Waals surface area contributed by atoms with Crippen molar-refractivity contribution in [2.24, 2.45) is 0 Å². The van der Waals surface area contributed by atoms with Crippen LogP contribution in [0.15, 0.2) is 42.7 Å². The molecule has 1 aliphatic carbocycles. The van der Waals surface area contributed by atoms with Gasteiger partial charge in [0.1, 0.15) is 5.69 Å². The van der Waals surface area contributed by atoms with Crippen LogP contribution in [0.2, 0.25) is 0 Å². The Bertz CT molecular complexity index is 969. The number of aromatic nitrogens is 3. The molecule has 138 valence electrons. The number of carbonyl (C=O) groups is 1. The number of benzene rings is 1. The van der Waals surface area contributed by atoms with Crippen molar-refractivity contribution in [3.63, 3.8) is 0 Å². The van der Waals surface area contributed by atoms with Gasteiger partial charge in [0.15, 0.2) is 11.5 Å². The number of rotatable bonds is 5. The van der Waals surface area contributed by atoms with E-state index in [9.17, 15) is 4.79 Å². The van der Waals surface area contributed by atoms with Crippen molar-refractivity contribution < 1.29 is 14.3 Å². The molecule has 0 radical (unpaired) electrons. The highest BCUT2D eigenvalue weighted by Gasteiger charge is 2.27. The molecule has 2 aromatic heterocycles. The van der Waals surface area contributed by atoms with Crippen LogP contribution in [0.25, 0.3) is 11.3 Å². The number of hydrogen-bond acceptors (Lipinski definition) is 5. The monoisotopic (exact) mass is 364 g/mol. The Kier molecular flexibility index (Phi) is 4.50. The molecule has 0 saturated heterocycles. The third-order valence-corrected chi connectivity index (χ3v) is 4.83. The van der Waals surface area contributed by atoms with E-state index in [0.29, 0.717) is 22.9 Å². The molecule has 2 N–H and O–H groups in total. The van der Waals surface area contributed by atoms with Gasteiger partial charge in [-0.3, -0.25) is 14.9 Å². The van der Waals surface area contributed by atoms with E-state index in [-0.39, 0.29) is 11.9 Å². The van der Waals surface area contributed by atoms with Gasteiger partial charge in [-0.2, -0.15) is 5.10 Å². The van der Waals surface area contributed by atoms with Crippen molar-refractivity contribution in [2.75, 3.05) is 14.2 Å². The summed E-state index contributed by atoms with van der Waals surface area (Å²) in [4.78, 5) is 16.7.